The molecule has 1 unspecified atom stereocenters. The fraction of sp³-hybridized carbons (Fsp3) is 0.348. The molecule has 1 amide bonds. The Morgan fingerprint density at radius 2 is 1.94 bits per heavy atom. The van der Waals surface area contributed by atoms with E-state index >= 15 is 0 Å². The molecule has 1 N–H and O–H groups in total. The first-order chi connectivity index (χ1) is 15.4. The van der Waals surface area contributed by atoms with Gasteiger partial charge in [0.2, 0.25) is 11.9 Å². The molecule has 1 aromatic heterocycles. The van der Waals surface area contributed by atoms with E-state index < -0.39 is 5.25 Å². The summed E-state index contributed by atoms with van der Waals surface area (Å²) in [4.78, 5) is 14.9. The Labute approximate surface area is 191 Å². The second-order valence-electron chi connectivity index (χ2n) is 7.77. The average Bonchev–Trinajstić information content (AvgIpc) is 3.20. The molecular weight excluding hydrogens is 429 g/mol. The summed E-state index contributed by atoms with van der Waals surface area (Å²) in [6.07, 6.45) is 0. The molecule has 32 heavy (non-hydrogen) atoms. The van der Waals surface area contributed by atoms with Crippen molar-refractivity contribution < 1.29 is 13.9 Å². The largest absolute Gasteiger partial charge is 0.378 e. The minimum Gasteiger partial charge on any atom is -0.378 e. The molecule has 1 saturated heterocycles. The van der Waals surface area contributed by atoms with Gasteiger partial charge in [-0.25, -0.2) is 4.39 Å². The molecule has 168 valence electrons. The van der Waals surface area contributed by atoms with E-state index in [1.807, 2.05) is 29.7 Å². The Balaban J connectivity index is 1.58. The number of thioether (sulfide) groups is 1. The zero-order chi connectivity index (χ0) is 22.7. The van der Waals surface area contributed by atoms with Gasteiger partial charge in [0.05, 0.1) is 24.2 Å². The number of benzene rings is 2. The van der Waals surface area contributed by atoms with E-state index in [9.17, 15) is 9.18 Å². The Kier molecular flexibility index (Phi) is 6.76. The van der Waals surface area contributed by atoms with Gasteiger partial charge in [0, 0.05) is 18.8 Å². The lowest BCUT2D eigenvalue weighted by Gasteiger charge is -2.28. The molecule has 0 aliphatic carbocycles. The van der Waals surface area contributed by atoms with Crippen molar-refractivity contribution in [2.24, 2.45) is 0 Å². The van der Waals surface area contributed by atoms with Gasteiger partial charge in [-0.1, -0.05) is 30.0 Å². The monoisotopic (exact) mass is 455 g/mol. The highest BCUT2D eigenvalue weighted by atomic mass is 32.2. The molecular formula is C23H26FN5O2S. The average molecular weight is 456 g/mol. The fourth-order valence-corrected chi connectivity index (χ4v) is 4.29. The molecule has 1 aliphatic rings. The number of nitrogens with zero attached hydrogens (tertiary/aromatic N) is 4. The Hall–Kier alpha value is -2.91. The van der Waals surface area contributed by atoms with Crippen LogP contribution in [-0.2, 0) is 9.53 Å². The van der Waals surface area contributed by atoms with Crippen molar-refractivity contribution in [2.75, 3.05) is 36.5 Å². The van der Waals surface area contributed by atoms with Crippen molar-refractivity contribution in [1.29, 1.82) is 0 Å². The van der Waals surface area contributed by atoms with Crippen LogP contribution >= 0.6 is 11.8 Å². The molecule has 1 atom stereocenters. The molecule has 4 rings (SSSR count). The quantitative estimate of drug-likeness (QED) is 0.567. The van der Waals surface area contributed by atoms with Crippen molar-refractivity contribution in [3.8, 4) is 5.69 Å². The minimum atomic E-state index is -0.468. The SMILES string of the molecule is Cc1cccc(-n2c(SC(C)C(=O)Nc3ccc(C)c(F)c3)nnc2N2CCOCC2)c1. The van der Waals surface area contributed by atoms with E-state index in [4.69, 9.17) is 4.74 Å². The highest BCUT2D eigenvalue weighted by Crippen LogP contribution is 2.30. The number of nitrogens with one attached hydrogen (secondary N) is 1. The zero-order valence-corrected chi connectivity index (χ0v) is 19.2. The Morgan fingerprint density at radius 1 is 1.16 bits per heavy atom. The lowest BCUT2D eigenvalue weighted by Crippen LogP contribution is -2.38. The third-order valence-electron chi connectivity index (χ3n) is 5.26. The predicted octanol–water partition coefficient (Wildman–Crippen LogP) is 3.98. The maximum Gasteiger partial charge on any atom is 0.237 e. The van der Waals surface area contributed by atoms with E-state index in [-0.39, 0.29) is 11.7 Å². The summed E-state index contributed by atoms with van der Waals surface area (Å²) in [5, 5.41) is 11.8. The second kappa shape index (κ2) is 9.70. The third kappa shape index (κ3) is 4.94. The molecule has 2 heterocycles. The fourth-order valence-electron chi connectivity index (χ4n) is 3.43. The predicted molar refractivity (Wildman–Crippen MR) is 124 cm³/mol. The van der Waals surface area contributed by atoms with Crippen LogP contribution in [0.4, 0.5) is 16.0 Å². The summed E-state index contributed by atoms with van der Waals surface area (Å²) in [6.45, 7) is 8.24. The second-order valence-corrected chi connectivity index (χ2v) is 9.08. The Bertz CT molecular complexity index is 1110. The van der Waals surface area contributed by atoms with Crippen LogP contribution in [0.15, 0.2) is 47.6 Å². The number of carbonyl (C=O) groups excluding carboxylic acids is 1. The molecule has 3 aromatic rings. The van der Waals surface area contributed by atoms with Gasteiger partial charge >= 0.3 is 0 Å². The first-order valence-electron chi connectivity index (χ1n) is 10.5. The van der Waals surface area contributed by atoms with Gasteiger partial charge < -0.3 is 15.0 Å². The van der Waals surface area contributed by atoms with Crippen molar-refractivity contribution in [1.82, 2.24) is 14.8 Å². The van der Waals surface area contributed by atoms with Crippen LogP contribution in [0.5, 0.6) is 0 Å². The van der Waals surface area contributed by atoms with Crippen molar-refractivity contribution >= 4 is 29.3 Å². The number of ether oxygens (including phenoxy) is 1. The summed E-state index contributed by atoms with van der Waals surface area (Å²) in [5.41, 5.74) is 3.02. The summed E-state index contributed by atoms with van der Waals surface area (Å²) in [5.74, 6) is 0.150. The number of hydrogen-bond acceptors (Lipinski definition) is 6. The van der Waals surface area contributed by atoms with Crippen molar-refractivity contribution in [3.63, 3.8) is 0 Å². The first-order valence-corrected chi connectivity index (χ1v) is 11.4. The molecule has 0 radical (unpaired) electrons. The molecule has 1 aliphatic heterocycles. The van der Waals surface area contributed by atoms with Crippen LogP contribution in [0.1, 0.15) is 18.1 Å². The normalized spacial score (nSPS) is 14.9. The number of halogens is 1. The minimum absolute atomic E-state index is 0.232. The van der Waals surface area contributed by atoms with Gasteiger partial charge in [-0.05, 0) is 56.2 Å². The maximum atomic E-state index is 13.8. The van der Waals surface area contributed by atoms with Gasteiger partial charge in [-0.15, -0.1) is 10.2 Å². The summed E-state index contributed by atoms with van der Waals surface area (Å²) < 4.78 is 21.3. The standard InChI is InChI=1S/C23H26FN5O2S/c1-15-5-4-6-19(13-15)29-22(28-9-11-31-12-10-28)26-27-23(29)32-17(3)21(30)25-18-8-7-16(2)20(24)14-18/h4-8,13-14,17H,9-12H2,1-3H3,(H,25,30). The number of anilines is 2. The van der Waals surface area contributed by atoms with Crippen molar-refractivity contribution in [2.45, 2.75) is 31.2 Å². The molecule has 0 bridgehead atoms. The molecule has 1 fully saturated rings. The zero-order valence-electron chi connectivity index (χ0n) is 18.3. The van der Waals surface area contributed by atoms with E-state index in [1.54, 1.807) is 26.0 Å². The van der Waals surface area contributed by atoms with E-state index in [0.717, 1.165) is 30.3 Å². The number of rotatable bonds is 6. The summed E-state index contributed by atoms with van der Waals surface area (Å²) in [7, 11) is 0. The number of morpholine rings is 1. The number of carbonyl (C=O) groups is 1. The van der Waals surface area contributed by atoms with Gasteiger partial charge in [0.1, 0.15) is 5.82 Å². The van der Waals surface area contributed by atoms with Crippen LogP contribution in [-0.4, -0.2) is 52.2 Å². The number of aryl methyl sites for hydroxylation is 2. The lowest BCUT2D eigenvalue weighted by atomic mass is 10.2. The van der Waals surface area contributed by atoms with Crippen LogP contribution < -0.4 is 10.2 Å². The van der Waals surface area contributed by atoms with E-state index in [2.05, 4.69) is 26.5 Å². The summed E-state index contributed by atoms with van der Waals surface area (Å²) in [6, 6.07) is 12.8. The van der Waals surface area contributed by atoms with Gasteiger partial charge in [-0.3, -0.25) is 9.36 Å². The van der Waals surface area contributed by atoms with Crippen LogP contribution in [0.3, 0.4) is 0 Å². The first kappa shape index (κ1) is 22.3. The van der Waals surface area contributed by atoms with Crippen LogP contribution in [0, 0.1) is 19.7 Å². The topological polar surface area (TPSA) is 72.3 Å². The van der Waals surface area contributed by atoms with E-state index in [0.29, 0.717) is 29.6 Å². The lowest BCUT2D eigenvalue weighted by molar-refractivity contribution is -0.115. The molecule has 9 heteroatoms. The third-order valence-corrected chi connectivity index (χ3v) is 6.30. The number of aromatic nitrogens is 3. The van der Waals surface area contributed by atoms with Crippen LogP contribution in [0.25, 0.3) is 5.69 Å². The van der Waals surface area contributed by atoms with Gasteiger partial charge in [0.15, 0.2) is 5.16 Å². The summed E-state index contributed by atoms with van der Waals surface area (Å²) >= 11 is 1.32. The highest BCUT2D eigenvalue weighted by Gasteiger charge is 2.25. The maximum absolute atomic E-state index is 13.8. The highest BCUT2D eigenvalue weighted by molar-refractivity contribution is 8.00. The number of amides is 1. The molecule has 0 saturated carbocycles. The number of hydrogen-bond donors (Lipinski definition) is 1. The van der Waals surface area contributed by atoms with Gasteiger partial charge in [0.25, 0.3) is 0 Å². The van der Waals surface area contributed by atoms with E-state index in [1.165, 1.54) is 17.8 Å². The smallest absolute Gasteiger partial charge is 0.237 e. The molecule has 0 spiro atoms. The molecule has 2 aromatic carbocycles. The van der Waals surface area contributed by atoms with Crippen LogP contribution in [0.2, 0.25) is 0 Å². The van der Waals surface area contributed by atoms with Gasteiger partial charge in [-0.2, -0.15) is 0 Å². The molecule has 7 nitrogen and oxygen atoms in total. The Morgan fingerprint density at radius 3 is 2.66 bits per heavy atom. The van der Waals surface area contributed by atoms with Crippen molar-refractivity contribution in [3.05, 3.63) is 59.4 Å².